The molecule has 0 saturated heterocycles. The number of amides is 2. The van der Waals surface area contributed by atoms with E-state index < -0.39 is 51.4 Å². The molecule has 0 fully saturated rings. The van der Waals surface area contributed by atoms with Crippen LogP contribution in [-0.4, -0.2) is 62.6 Å². The van der Waals surface area contributed by atoms with Gasteiger partial charge in [0.2, 0.25) is 5.91 Å². The van der Waals surface area contributed by atoms with Crippen LogP contribution in [0, 0.1) is 0 Å². The van der Waals surface area contributed by atoms with Gasteiger partial charge in [0.25, 0.3) is 5.91 Å². The van der Waals surface area contributed by atoms with Gasteiger partial charge in [-0.05, 0) is 31.0 Å². The molecule has 9 nitrogen and oxygen atoms in total. The average Bonchev–Trinajstić information content (AvgIpc) is 2.72. The van der Waals surface area contributed by atoms with Gasteiger partial charge in [0.05, 0.1) is 17.0 Å². The Morgan fingerprint density at radius 1 is 1.16 bits per heavy atom. The molecule has 1 unspecified atom stereocenters. The van der Waals surface area contributed by atoms with Gasteiger partial charge in [0.1, 0.15) is 12.8 Å². The summed E-state index contributed by atoms with van der Waals surface area (Å²) in [6.07, 6.45) is -0.141. The first kappa shape index (κ1) is 28.1. The topological polar surface area (TPSA) is 145 Å². The molecular weight excluding hydrogens is 488 g/mol. The summed E-state index contributed by atoms with van der Waals surface area (Å²) >= 11 is 11.0. The van der Waals surface area contributed by atoms with Crippen LogP contribution < -0.4 is 16.4 Å². The summed E-state index contributed by atoms with van der Waals surface area (Å²) in [5.41, 5.74) is 5.67. The lowest BCUT2D eigenvalue weighted by Crippen LogP contribution is -2.44. The number of rotatable bonds is 12. The van der Waals surface area contributed by atoms with Crippen molar-refractivity contribution in [1.29, 1.82) is 0 Å². The fraction of sp³-hybridized carbons (Fsp3) is 0.526. The molecular formula is C19H26Cl2FN3O6S. The highest BCUT2D eigenvalue weighted by Gasteiger charge is 2.30. The van der Waals surface area contributed by atoms with Gasteiger partial charge >= 0.3 is 5.97 Å². The normalized spacial score (nSPS) is 14.3. The molecule has 0 radical (unpaired) electrons. The number of hydrogen-bond donors (Lipinski definition) is 3. The third-order valence-corrected chi connectivity index (χ3v) is 5.75. The fourth-order valence-electron chi connectivity index (χ4n) is 2.53. The Morgan fingerprint density at radius 2 is 1.75 bits per heavy atom. The number of benzene rings is 1. The van der Waals surface area contributed by atoms with Crippen LogP contribution in [0.1, 0.15) is 31.4 Å². The van der Waals surface area contributed by atoms with Crippen molar-refractivity contribution < 1.29 is 31.9 Å². The van der Waals surface area contributed by atoms with Crippen molar-refractivity contribution in [3.63, 3.8) is 0 Å². The van der Waals surface area contributed by atoms with Crippen molar-refractivity contribution >= 4 is 50.8 Å². The number of carbonyl (C=O) groups excluding carboxylic acids is 3. The number of alkyl halides is 3. The predicted octanol–water partition coefficient (Wildman–Crippen LogP) is 1.18. The Morgan fingerprint density at radius 3 is 2.22 bits per heavy atom. The van der Waals surface area contributed by atoms with E-state index in [1.807, 2.05) is 0 Å². The monoisotopic (exact) mass is 513 g/mol. The second-order valence-electron chi connectivity index (χ2n) is 7.00. The summed E-state index contributed by atoms with van der Waals surface area (Å²) in [7, 11) is -3.48. The first-order valence-electron chi connectivity index (χ1n) is 9.54. The quantitative estimate of drug-likeness (QED) is 0.216. The SMILES string of the molecule is CC(N)C(=O)NCCCC(=O)O[C@H](c1ccc(S(C)(=O)=O)cc1)[C@@H](CF)NC(=O)C(Cl)Cl. The maximum atomic E-state index is 13.8. The molecule has 0 aliphatic heterocycles. The Balaban J connectivity index is 2.98. The minimum absolute atomic E-state index is 0.0126. The Kier molecular flexibility index (Phi) is 11.3. The third kappa shape index (κ3) is 9.27. The minimum atomic E-state index is -3.48. The number of halogens is 3. The van der Waals surface area contributed by atoms with Crippen LogP contribution in [0.4, 0.5) is 4.39 Å². The number of ether oxygens (including phenoxy) is 1. The van der Waals surface area contributed by atoms with Crippen LogP contribution >= 0.6 is 23.2 Å². The standard InChI is InChI=1S/C19H26Cl2FN3O6S/c1-11(23)18(27)24-9-3-4-15(26)31-16(14(10-22)25-19(28)17(20)21)12-5-7-13(8-6-12)32(2,29)30/h5-8,11,14,16-17H,3-4,9-10,23H2,1-2H3,(H,24,27)(H,25,28)/t11?,14-,16-/m1/s1. The largest absolute Gasteiger partial charge is 0.455 e. The van der Waals surface area contributed by atoms with Gasteiger partial charge in [-0.3, -0.25) is 14.4 Å². The summed E-state index contributed by atoms with van der Waals surface area (Å²) in [6.45, 7) is 0.565. The summed E-state index contributed by atoms with van der Waals surface area (Å²) in [4.78, 5) is 34.1. The summed E-state index contributed by atoms with van der Waals surface area (Å²) in [5.74, 6) is -1.99. The Bertz CT molecular complexity index is 897. The lowest BCUT2D eigenvalue weighted by molar-refractivity contribution is -0.152. The van der Waals surface area contributed by atoms with Gasteiger partial charge in [-0.1, -0.05) is 35.3 Å². The highest BCUT2D eigenvalue weighted by molar-refractivity contribution is 7.90. The average molecular weight is 514 g/mol. The van der Waals surface area contributed by atoms with Gasteiger partial charge in [0, 0.05) is 19.2 Å². The molecule has 0 heterocycles. The molecule has 0 aromatic heterocycles. The molecule has 180 valence electrons. The van der Waals surface area contributed by atoms with Crippen LogP contribution in [0.5, 0.6) is 0 Å². The third-order valence-electron chi connectivity index (χ3n) is 4.22. The molecule has 13 heteroatoms. The lowest BCUT2D eigenvalue weighted by Gasteiger charge is -2.27. The minimum Gasteiger partial charge on any atom is -0.455 e. The van der Waals surface area contributed by atoms with Gasteiger partial charge in [-0.2, -0.15) is 0 Å². The zero-order valence-corrected chi connectivity index (χ0v) is 19.8. The molecule has 0 saturated carbocycles. The van der Waals surface area contributed by atoms with E-state index in [-0.39, 0.29) is 35.8 Å². The number of carbonyl (C=O) groups is 3. The zero-order chi connectivity index (χ0) is 24.5. The van der Waals surface area contributed by atoms with E-state index in [1.54, 1.807) is 0 Å². The van der Waals surface area contributed by atoms with E-state index in [2.05, 4.69) is 10.6 Å². The van der Waals surface area contributed by atoms with Crippen molar-refractivity contribution in [3.8, 4) is 0 Å². The molecule has 2 amide bonds. The van der Waals surface area contributed by atoms with E-state index in [1.165, 1.54) is 31.2 Å². The molecule has 1 aromatic carbocycles. The molecule has 0 spiro atoms. The van der Waals surface area contributed by atoms with Crippen molar-refractivity contribution in [3.05, 3.63) is 29.8 Å². The van der Waals surface area contributed by atoms with Crippen molar-refractivity contribution in [2.24, 2.45) is 5.73 Å². The second kappa shape index (κ2) is 12.9. The van der Waals surface area contributed by atoms with E-state index in [9.17, 15) is 27.2 Å². The number of esters is 1. The highest BCUT2D eigenvalue weighted by Crippen LogP contribution is 2.25. The van der Waals surface area contributed by atoms with Gasteiger partial charge in [0.15, 0.2) is 14.7 Å². The molecule has 1 aromatic rings. The van der Waals surface area contributed by atoms with Crippen molar-refractivity contribution in [2.45, 2.75) is 47.7 Å². The summed E-state index contributed by atoms with van der Waals surface area (Å²) < 4.78 is 42.5. The highest BCUT2D eigenvalue weighted by atomic mass is 35.5. The van der Waals surface area contributed by atoms with E-state index in [0.717, 1.165) is 6.26 Å². The van der Waals surface area contributed by atoms with Crippen molar-refractivity contribution in [2.75, 3.05) is 19.5 Å². The zero-order valence-electron chi connectivity index (χ0n) is 17.5. The van der Waals surface area contributed by atoms with Crippen LogP contribution in [0.3, 0.4) is 0 Å². The first-order valence-corrected chi connectivity index (χ1v) is 12.3. The maximum absolute atomic E-state index is 13.8. The molecule has 4 N–H and O–H groups in total. The summed E-state index contributed by atoms with van der Waals surface area (Å²) in [6, 6.07) is 3.24. The molecule has 0 aliphatic carbocycles. The van der Waals surface area contributed by atoms with Gasteiger partial charge in [-0.15, -0.1) is 0 Å². The van der Waals surface area contributed by atoms with E-state index >= 15 is 0 Å². The predicted molar refractivity (Wildman–Crippen MR) is 118 cm³/mol. The molecule has 1 rings (SSSR count). The Labute approximate surface area is 196 Å². The molecule has 32 heavy (non-hydrogen) atoms. The maximum Gasteiger partial charge on any atom is 0.306 e. The Hall–Kier alpha value is -1.95. The number of nitrogens with one attached hydrogen (secondary N) is 2. The summed E-state index contributed by atoms with van der Waals surface area (Å²) in [5, 5.41) is 4.81. The van der Waals surface area contributed by atoms with Crippen LogP contribution in [0.2, 0.25) is 0 Å². The van der Waals surface area contributed by atoms with Crippen LogP contribution in [0.25, 0.3) is 0 Å². The second-order valence-corrected chi connectivity index (χ2v) is 10.1. The first-order chi connectivity index (χ1) is 14.9. The fourth-order valence-corrected chi connectivity index (χ4v) is 3.29. The number of hydrogen-bond acceptors (Lipinski definition) is 7. The van der Waals surface area contributed by atoms with Crippen LogP contribution in [0.15, 0.2) is 29.2 Å². The molecule has 3 atom stereocenters. The smallest absolute Gasteiger partial charge is 0.306 e. The number of nitrogens with two attached hydrogens (primary N) is 1. The van der Waals surface area contributed by atoms with Crippen molar-refractivity contribution in [1.82, 2.24) is 10.6 Å². The van der Waals surface area contributed by atoms with Gasteiger partial charge in [-0.25, -0.2) is 12.8 Å². The van der Waals surface area contributed by atoms with E-state index in [0.29, 0.717) is 0 Å². The molecule has 0 aliphatic rings. The number of sulfone groups is 1. The lowest BCUT2D eigenvalue weighted by atomic mass is 10.0. The van der Waals surface area contributed by atoms with Crippen LogP contribution in [-0.2, 0) is 29.0 Å². The van der Waals surface area contributed by atoms with Gasteiger partial charge < -0.3 is 21.1 Å². The molecule has 0 bridgehead atoms. The van der Waals surface area contributed by atoms with E-state index in [4.69, 9.17) is 33.7 Å².